The highest BCUT2D eigenvalue weighted by Gasteiger charge is 2.52. The zero-order valence-electron chi connectivity index (χ0n) is 21.7. The second-order valence-electron chi connectivity index (χ2n) is 9.42. The molecule has 10 nitrogen and oxygen atoms in total. The Hall–Kier alpha value is -4.06. The molecule has 1 aliphatic rings. The maximum atomic E-state index is 13.3. The number of aryl methyl sites for hydroxylation is 1. The molecule has 1 amide bonds. The maximum absolute atomic E-state index is 13.3. The molecule has 5 rings (SSSR count). The molecule has 40 heavy (non-hydrogen) atoms. The van der Waals surface area contributed by atoms with Crippen LogP contribution in [0.1, 0.15) is 25.2 Å². The van der Waals surface area contributed by atoms with Crippen molar-refractivity contribution in [3.05, 3.63) is 84.8 Å². The topological polar surface area (TPSA) is 141 Å². The molecule has 4 aromatic rings. The smallest absolute Gasteiger partial charge is 0.265 e. The van der Waals surface area contributed by atoms with Crippen molar-refractivity contribution in [1.29, 1.82) is 0 Å². The van der Waals surface area contributed by atoms with Crippen molar-refractivity contribution in [2.24, 2.45) is 0 Å². The second kappa shape index (κ2) is 12.0. The molecule has 0 bridgehead atoms. The summed E-state index contributed by atoms with van der Waals surface area (Å²) in [7, 11) is -4.09. The van der Waals surface area contributed by atoms with Crippen molar-refractivity contribution in [2.45, 2.75) is 35.3 Å². The molecule has 1 aliphatic heterocycles. The number of nitrogens with one attached hydrogen (secondary N) is 1. The first kappa shape index (κ1) is 27.5. The molecule has 0 saturated carbocycles. The average Bonchev–Trinajstić information content (AvgIpc) is 3.49. The van der Waals surface area contributed by atoms with Crippen molar-refractivity contribution in [3.63, 3.8) is 0 Å². The van der Waals surface area contributed by atoms with Gasteiger partial charge in [-0.25, -0.2) is 13.9 Å². The van der Waals surface area contributed by atoms with E-state index < -0.39 is 20.5 Å². The molecule has 0 radical (unpaired) electrons. The third-order valence-electron chi connectivity index (χ3n) is 6.97. The molecule has 208 valence electrons. The minimum Gasteiger partial charge on any atom is -0.494 e. The van der Waals surface area contributed by atoms with Crippen molar-refractivity contribution in [1.82, 2.24) is 15.7 Å². The molecule has 2 heterocycles. The second-order valence-corrected chi connectivity index (χ2v) is 11.7. The number of nitrogens with zero attached hydrogens (tertiary/aromatic N) is 2. The number of carbonyl (C=O) groups is 1. The van der Waals surface area contributed by atoms with Gasteiger partial charge in [0.1, 0.15) is 5.75 Å². The Morgan fingerprint density at radius 2 is 1.55 bits per heavy atom. The van der Waals surface area contributed by atoms with E-state index in [-0.39, 0.29) is 31.0 Å². The monoisotopic (exact) mass is 563 g/mol. The SMILES string of the molecule is O=C(NO)C1(S(=O)(=O)c2ccc(OCCCc3nnc(-c4ccc(-c5ccccc5)cc4)o3)cc2)CCOCC1. The molecule has 1 saturated heterocycles. The zero-order valence-corrected chi connectivity index (χ0v) is 22.5. The predicted octanol–water partition coefficient (Wildman–Crippen LogP) is 4.24. The first-order valence-corrected chi connectivity index (χ1v) is 14.4. The number of hydrogen-bond acceptors (Lipinski definition) is 9. The van der Waals surface area contributed by atoms with Gasteiger partial charge in [-0.1, -0.05) is 42.5 Å². The van der Waals surface area contributed by atoms with Crippen molar-refractivity contribution >= 4 is 15.7 Å². The van der Waals surface area contributed by atoms with E-state index in [1.165, 1.54) is 17.6 Å². The van der Waals surface area contributed by atoms with E-state index in [1.54, 1.807) is 12.1 Å². The minimum atomic E-state index is -4.09. The van der Waals surface area contributed by atoms with Crippen molar-refractivity contribution in [3.8, 4) is 28.3 Å². The number of rotatable bonds is 10. The van der Waals surface area contributed by atoms with E-state index in [4.69, 9.17) is 13.9 Å². The van der Waals surface area contributed by atoms with Crippen LogP contribution in [0.3, 0.4) is 0 Å². The molecular weight excluding hydrogens is 534 g/mol. The molecule has 2 N–H and O–H groups in total. The summed E-state index contributed by atoms with van der Waals surface area (Å²) in [6.45, 7) is 0.565. The van der Waals surface area contributed by atoms with Gasteiger partial charge in [0.15, 0.2) is 14.6 Å². The van der Waals surface area contributed by atoms with Gasteiger partial charge in [-0.3, -0.25) is 10.0 Å². The Morgan fingerprint density at radius 1 is 0.900 bits per heavy atom. The van der Waals surface area contributed by atoms with E-state index in [1.807, 2.05) is 42.5 Å². The van der Waals surface area contributed by atoms with Crippen molar-refractivity contribution in [2.75, 3.05) is 19.8 Å². The minimum absolute atomic E-state index is 0.0273. The quantitative estimate of drug-likeness (QED) is 0.165. The van der Waals surface area contributed by atoms with Crippen LogP contribution in [0.5, 0.6) is 5.75 Å². The van der Waals surface area contributed by atoms with Gasteiger partial charge < -0.3 is 13.9 Å². The Morgan fingerprint density at radius 3 is 2.23 bits per heavy atom. The van der Waals surface area contributed by atoms with E-state index >= 15 is 0 Å². The number of carbonyl (C=O) groups excluding carboxylic acids is 1. The van der Waals surface area contributed by atoms with E-state index in [0.717, 1.165) is 16.7 Å². The summed E-state index contributed by atoms with van der Waals surface area (Å²) in [6, 6.07) is 23.9. The van der Waals surface area contributed by atoms with Gasteiger partial charge in [0.05, 0.1) is 11.5 Å². The first-order valence-electron chi connectivity index (χ1n) is 12.9. The number of benzene rings is 3. The summed E-state index contributed by atoms with van der Waals surface area (Å²) in [5.41, 5.74) is 4.59. The summed E-state index contributed by atoms with van der Waals surface area (Å²) >= 11 is 0. The number of ether oxygens (including phenoxy) is 2. The van der Waals surface area contributed by atoms with Crippen LogP contribution in [0.25, 0.3) is 22.6 Å². The van der Waals surface area contributed by atoms with Gasteiger partial charge in [0, 0.05) is 25.2 Å². The number of sulfone groups is 1. The molecule has 0 aliphatic carbocycles. The lowest BCUT2D eigenvalue weighted by Crippen LogP contribution is -2.54. The molecule has 0 spiro atoms. The van der Waals surface area contributed by atoms with Crippen LogP contribution in [0.2, 0.25) is 0 Å². The fourth-order valence-electron chi connectivity index (χ4n) is 4.68. The Balaban J connectivity index is 1.14. The summed E-state index contributed by atoms with van der Waals surface area (Å²) in [5, 5.41) is 17.5. The van der Waals surface area contributed by atoms with Crippen LogP contribution < -0.4 is 10.2 Å². The van der Waals surface area contributed by atoms with Crippen LogP contribution in [-0.4, -0.2) is 54.3 Å². The number of aromatic nitrogens is 2. The summed E-state index contributed by atoms with van der Waals surface area (Å²) in [5.74, 6) is 0.474. The summed E-state index contributed by atoms with van der Waals surface area (Å²) in [4.78, 5) is 12.4. The lowest BCUT2D eigenvalue weighted by Gasteiger charge is -2.34. The van der Waals surface area contributed by atoms with Crippen molar-refractivity contribution < 1.29 is 32.3 Å². The highest BCUT2D eigenvalue weighted by molar-refractivity contribution is 7.93. The van der Waals surface area contributed by atoms with Gasteiger partial charge in [-0.15, -0.1) is 10.2 Å². The third-order valence-corrected chi connectivity index (χ3v) is 9.49. The van der Waals surface area contributed by atoms with Gasteiger partial charge in [0.25, 0.3) is 5.91 Å². The Labute approximate surface area is 231 Å². The highest BCUT2D eigenvalue weighted by Crippen LogP contribution is 2.36. The van der Waals surface area contributed by atoms with Crippen LogP contribution >= 0.6 is 0 Å². The van der Waals surface area contributed by atoms with Crippen LogP contribution in [0, 0.1) is 0 Å². The maximum Gasteiger partial charge on any atom is 0.265 e. The molecule has 11 heteroatoms. The lowest BCUT2D eigenvalue weighted by atomic mass is 9.98. The third kappa shape index (κ3) is 5.62. The fourth-order valence-corrected chi connectivity index (χ4v) is 6.62. The van der Waals surface area contributed by atoms with Gasteiger partial charge in [0.2, 0.25) is 11.8 Å². The number of amides is 1. The summed E-state index contributed by atoms with van der Waals surface area (Å²) in [6.07, 6.45) is 1.03. The Kier molecular flexibility index (Phi) is 8.24. The van der Waals surface area contributed by atoms with Gasteiger partial charge in [-0.05, 0) is 66.8 Å². The van der Waals surface area contributed by atoms with Crippen LogP contribution in [0.4, 0.5) is 0 Å². The van der Waals surface area contributed by atoms with E-state index in [0.29, 0.717) is 37.0 Å². The Bertz CT molecular complexity index is 1530. The zero-order chi connectivity index (χ0) is 28.0. The standard InChI is InChI=1S/C29H29N3O7S/c33-28(32-34)29(16-19-37-20-17-29)40(35,36)25-14-12-24(13-15-25)38-18-4-7-26-30-31-27(39-26)23-10-8-22(9-11-23)21-5-2-1-3-6-21/h1-3,5-6,8-15,34H,4,7,16-20H2,(H,32,33). The largest absolute Gasteiger partial charge is 0.494 e. The predicted molar refractivity (Wildman–Crippen MR) is 145 cm³/mol. The average molecular weight is 564 g/mol. The number of hydrogen-bond donors (Lipinski definition) is 2. The molecule has 0 atom stereocenters. The fraction of sp³-hybridized carbons (Fsp3) is 0.276. The molecular formula is C29H29N3O7S. The molecule has 3 aromatic carbocycles. The van der Waals surface area contributed by atoms with Crippen LogP contribution in [-0.2, 0) is 25.8 Å². The molecule has 0 unspecified atom stereocenters. The molecule has 1 fully saturated rings. The molecule has 1 aromatic heterocycles. The normalized spacial score (nSPS) is 14.9. The van der Waals surface area contributed by atoms with E-state index in [9.17, 15) is 18.4 Å². The van der Waals surface area contributed by atoms with Crippen LogP contribution in [0.15, 0.2) is 88.2 Å². The summed E-state index contributed by atoms with van der Waals surface area (Å²) < 4.78 is 41.7. The first-order chi connectivity index (χ1) is 19.4. The highest BCUT2D eigenvalue weighted by atomic mass is 32.2. The van der Waals surface area contributed by atoms with E-state index in [2.05, 4.69) is 22.3 Å². The lowest BCUT2D eigenvalue weighted by molar-refractivity contribution is -0.134. The number of hydroxylamine groups is 1. The van der Waals surface area contributed by atoms with Gasteiger partial charge >= 0.3 is 0 Å². The van der Waals surface area contributed by atoms with Gasteiger partial charge in [-0.2, -0.15) is 0 Å².